The Kier molecular flexibility index (Phi) is 8.17. The smallest absolute Gasteiger partial charge is 0.338 e. The molecule has 0 saturated carbocycles. The minimum Gasteiger partial charge on any atom is -0.497 e. The number of nitrogens with one attached hydrogen (secondary N) is 1. The van der Waals surface area contributed by atoms with Gasteiger partial charge in [-0.25, -0.2) is 9.59 Å². The topological polar surface area (TPSA) is 105 Å². The maximum absolute atomic E-state index is 13.3. The van der Waals surface area contributed by atoms with E-state index in [-0.39, 0.29) is 24.6 Å². The third kappa shape index (κ3) is 5.48. The number of methoxy groups -OCH3 is 1. The van der Waals surface area contributed by atoms with Crippen LogP contribution < -0.4 is 10.1 Å². The molecule has 2 aromatic rings. The molecule has 0 unspecified atom stereocenters. The molecule has 198 valence electrons. The second kappa shape index (κ2) is 11.5. The van der Waals surface area contributed by atoms with E-state index in [0.29, 0.717) is 55.5 Å². The SMILES string of the molecule is CCOC(=O)C1=C(CN2CCN(C(=O)c3ccco3)[C@@H](C)C2)N(CC)C(=O)N[C@H]1c1ccc(OC)cc1. The standard InChI is InChI=1S/C27H34N4O6/c1-5-30-21(17-29-13-14-31(18(3)16-29)25(32)22-8-7-15-37-22)23(26(33)36-6-2)24(28-27(30)34)19-9-11-20(35-4)12-10-19/h7-12,15,18,24H,5-6,13-14,16-17H2,1-4H3,(H,28,34)/t18-,24-/m0/s1. The van der Waals surface area contributed by atoms with Crippen LogP contribution in [0.4, 0.5) is 4.79 Å². The molecule has 3 amide bonds. The number of nitrogens with zero attached hydrogens (tertiary/aromatic N) is 3. The highest BCUT2D eigenvalue weighted by Gasteiger charge is 2.39. The molecule has 1 saturated heterocycles. The molecule has 0 spiro atoms. The van der Waals surface area contributed by atoms with Crippen molar-refractivity contribution in [3.8, 4) is 5.75 Å². The molecule has 0 aliphatic carbocycles. The molecule has 0 bridgehead atoms. The van der Waals surface area contributed by atoms with Gasteiger partial charge >= 0.3 is 12.0 Å². The van der Waals surface area contributed by atoms with Crippen LogP contribution in [0.3, 0.4) is 0 Å². The number of urea groups is 1. The van der Waals surface area contributed by atoms with E-state index >= 15 is 0 Å². The zero-order valence-corrected chi connectivity index (χ0v) is 21.7. The minimum atomic E-state index is -0.658. The van der Waals surface area contributed by atoms with Gasteiger partial charge in [-0.1, -0.05) is 12.1 Å². The first-order valence-electron chi connectivity index (χ1n) is 12.6. The van der Waals surface area contributed by atoms with Gasteiger partial charge in [-0.15, -0.1) is 0 Å². The van der Waals surface area contributed by atoms with Crippen molar-refractivity contribution in [3.63, 3.8) is 0 Å². The van der Waals surface area contributed by atoms with Crippen LogP contribution in [0.25, 0.3) is 0 Å². The lowest BCUT2D eigenvalue weighted by molar-refractivity contribution is -0.139. The monoisotopic (exact) mass is 510 g/mol. The second-order valence-electron chi connectivity index (χ2n) is 9.04. The quantitative estimate of drug-likeness (QED) is 0.545. The van der Waals surface area contributed by atoms with Gasteiger partial charge in [0.15, 0.2) is 5.76 Å². The minimum absolute atomic E-state index is 0.0807. The number of rotatable bonds is 8. The molecule has 1 aromatic heterocycles. The summed E-state index contributed by atoms with van der Waals surface area (Å²) in [5.41, 5.74) is 1.78. The lowest BCUT2D eigenvalue weighted by Crippen LogP contribution is -2.56. The van der Waals surface area contributed by atoms with Crippen LogP contribution in [-0.4, -0.2) is 85.1 Å². The number of hydrogen-bond donors (Lipinski definition) is 1. The molecule has 2 atom stereocenters. The van der Waals surface area contributed by atoms with Gasteiger partial charge in [0.2, 0.25) is 0 Å². The van der Waals surface area contributed by atoms with Crippen molar-refractivity contribution in [2.45, 2.75) is 32.9 Å². The van der Waals surface area contributed by atoms with Crippen LogP contribution in [0.2, 0.25) is 0 Å². The number of furan rings is 1. The van der Waals surface area contributed by atoms with Gasteiger partial charge in [0, 0.05) is 44.5 Å². The summed E-state index contributed by atoms with van der Waals surface area (Å²) in [4.78, 5) is 44.9. The van der Waals surface area contributed by atoms with Crippen LogP contribution in [0.1, 0.15) is 42.9 Å². The maximum Gasteiger partial charge on any atom is 0.338 e. The Morgan fingerprint density at radius 2 is 1.89 bits per heavy atom. The van der Waals surface area contributed by atoms with E-state index in [0.717, 1.165) is 5.56 Å². The molecule has 0 radical (unpaired) electrons. The fourth-order valence-electron chi connectivity index (χ4n) is 4.94. The summed E-state index contributed by atoms with van der Waals surface area (Å²) in [5, 5.41) is 2.98. The van der Waals surface area contributed by atoms with Gasteiger partial charge in [-0.2, -0.15) is 0 Å². The number of ether oxygens (including phenoxy) is 2. The lowest BCUT2D eigenvalue weighted by atomic mass is 9.94. The molecular formula is C27H34N4O6. The number of carbonyl (C=O) groups is 3. The molecule has 1 fully saturated rings. The molecular weight excluding hydrogens is 476 g/mol. The fourth-order valence-corrected chi connectivity index (χ4v) is 4.94. The Morgan fingerprint density at radius 3 is 2.49 bits per heavy atom. The lowest BCUT2D eigenvalue weighted by Gasteiger charge is -2.42. The molecule has 2 aliphatic heterocycles. The number of hydrogen-bond acceptors (Lipinski definition) is 7. The number of esters is 1. The Morgan fingerprint density at radius 1 is 1.14 bits per heavy atom. The molecule has 1 aromatic carbocycles. The van der Waals surface area contributed by atoms with E-state index < -0.39 is 12.0 Å². The van der Waals surface area contributed by atoms with E-state index in [2.05, 4.69) is 10.2 Å². The summed E-state index contributed by atoms with van der Waals surface area (Å²) in [7, 11) is 1.58. The largest absolute Gasteiger partial charge is 0.497 e. The van der Waals surface area contributed by atoms with Crippen molar-refractivity contribution in [2.24, 2.45) is 0 Å². The van der Waals surface area contributed by atoms with Gasteiger partial charge in [0.05, 0.1) is 31.6 Å². The predicted octanol–water partition coefficient (Wildman–Crippen LogP) is 3.04. The summed E-state index contributed by atoms with van der Waals surface area (Å²) in [6, 6.07) is 9.62. The van der Waals surface area contributed by atoms with Crippen molar-refractivity contribution < 1.29 is 28.3 Å². The van der Waals surface area contributed by atoms with Crippen LogP contribution in [0.15, 0.2) is 58.3 Å². The van der Waals surface area contributed by atoms with Crippen molar-refractivity contribution >= 4 is 17.9 Å². The van der Waals surface area contributed by atoms with Crippen molar-refractivity contribution in [2.75, 3.05) is 46.4 Å². The number of benzene rings is 1. The zero-order valence-electron chi connectivity index (χ0n) is 21.7. The first-order valence-corrected chi connectivity index (χ1v) is 12.6. The highest BCUT2D eigenvalue weighted by atomic mass is 16.5. The highest BCUT2D eigenvalue weighted by molar-refractivity contribution is 5.95. The molecule has 4 rings (SSSR count). The van der Waals surface area contributed by atoms with Crippen molar-refractivity contribution in [1.82, 2.24) is 20.0 Å². The number of piperazine rings is 1. The molecule has 1 N–H and O–H groups in total. The van der Waals surface area contributed by atoms with Crippen LogP contribution in [0.5, 0.6) is 5.75 Å². The third-order valence-electron chi connectivity index (χ3n) is 6.78. The second-order valence-corrected chi connectivity index (χ2v) is 9.04. The summed E-state index contributed by atoms with van der Waals surface area (Å²) in [5.74, 6) is 0.391. The predicted molar refractivity (Wildman–Crippen MR) is 136 cm³/mol. The molecule has 2 aliphatic rings. The third-order valence-corrected chi connectivity index (χ3v) is 6.78. The first kappa shape index (κ1) is 26.3. The van der Waals surface area contributed by atoms with Gasteiger partial charge in [0.25, 0.3) is 5.91 Å². The van der Waals surface area contributed by atoms with Gasteiger partial charge < -0.3 is 24.1 Å². The number of likely N-dealkylation sites (N-methyl/N-ethyl adjacent to an activating group) is 1. The van der Waals surface area contributed by atoms with Gasteiger partial charge in [-0.05, 0) is 50.6 Å². The zero-order chi connectivity index (χ0) is 26.5. The Bertz CT molecular complexity index is 1140. The maximum atomic E-state index is 13.3. The van der Waals surface area contributed by atoms with Crippen LogP contribution in [-0.2, 0) is 9.53 Å². The van der Waals surface area contributed by atoms with Gasteiger partial charge in [0.1, 0.15) is 5.75 Å². The Labute approximate surface area is 216 Å². The number of amides is 3. The molecule has 37 heavy (non-hydrogen) atoms. The Hall–Kier alpha value is -3.79. The van der Waals surface area contributed by atoms with E-state index in [1.807, 2.05) is 26.0 Å². The first-order chi connectivity index (χ1) is 17.9. The van der Waals surface area contributed by atoms with Gasteiger partial charge in [-0.3, -0.25) is 14.6 Å². The Balaban J connectivity index is 1.64. The van der Waals surface area contributed by atoms with Crippen molar-refractivity contribution in [1.29, 1.82) is 0 Å². The molecule has 3 heterocycles. The van der Waals surface area contributed by atoms with Crippen LogP contribution >= 0.6 is 0 Å². The summed E-state index contributed by atoms with van der Waals surface area (Å²) in [6.45, 7) is 8.27. The van der Waals surface area contributed by atoms with E-state index in [1.54, 1.807) is 48.1 Å². The molecule has 10 heteroatoms. The molecule has 10 nitrogen and oxygen atoms in total. The summed E-state index contributed by atoms with van der Waals surface area (Å²) in [6.07, 6.45) is 1.49. The highest BCUT2D eigenvalue weighted by Crippen LogP contribution is 2.33. The van der Waals surface area contributed by atoms with E-state index in [4.69, 9.17) is 13.9 Å². The average molecular weight is 511 g/mol. The van der Waals surface area contributed by atoms with E-state index in [1.165, 1.54) is 6.26 Å². The van der Waals surface area contributed by atoms with E-state index in [9.17, 15) is 14.4 Å². The normalized spacial score (nSPS) is 20.6. The van der Waals surface area contributed by atoms with Crippen molar-refractivity contribution in [3.05, 3.63) is 65.3 Å². The number of carbonyl (C=O) groups excluding carboxylic acids is 3. The average Bonchev–Trinajstić information content (AvgIpc) is 3.44. The van der Waals surface area contributed by atoms with Crippen LogP contribution in [0, 0.1) is 0 Å². The fraction of sp³-hybridized carbons (Fsp3) is 0.444. The summed E-state index contributed by atoms with van der Waals surface area (Å²) >= 11 is 0. The summed E-state index contributed by atoms with van der Waals surface area (Å²) < 4.78 is 16.0.